The molecule has 1 heterocycles. The number of rotatable bonds is 3. The third-order valence-electron chi connectivity index (χ3n) is 13.6. The van der Waals surface area contributed by atoms with Crippen LogP contribution >= 0.6 is 0 Å². The van der Waals surface area contributed by atoms with Crippen molar-refractivity contribution < 1.29 is 24.2 Å². The van der Waals surface area contributed by atoms with Gasteiger partial charge in [0.05, 0.1) is 23.9 Å². The number of hydrogen-bond acceptors (Lipinski definition) is 5. The Balaban J connectivity index is 1.12. The average molecular weight is 587 g/mol. The number of Topliss-reactive ketones (excluding diaryl/α,β-unsaturated/α-hetero) is 1. The first-order valence-electron chi connectivity index (χ1n) is 17.1. The molecule has 7 rings (SSSR count). The molecule has 0 bridgehead atoms. The number of ether oxygens (including phenoxy) is 2. The van der Waals surface area contributed by atoms with Crippen molar-refractivity contribution in [2.75, 3.05) is 0 Å². The Bertz CT molecular complexity index is 1330. The van der Waals surface area contributed by atoms with Gasteiger partial charge in [-0.2, -0.15) is 0 Å². The van der Waals surface area contributed by atoms with Crippen LogP contribution in [0.4, 0.5) is 0 Å². The summed E-state index contributed by atoms with van der Waals surface area (Å²) in [7, 11) is 0. The second-order valence-corrected chi connectivity index (χ2v) is 15.7. The zero-order valence-electron chi connectivity index (χ0n) is 26.5. The van der Waals surface area contributed by atoms with E-state index in [0.717, 1.165) is 63.2 Å². The van der Waals surface area contributed by atoms with E-state index in [2.05, 4.69) is 27.7 Å². The highest BCUT2D eigenvalue weighted by atomic mass is 16.5. The van der Waals surface area contributed by atoms with Crippen LogP contribution < -0.4 is 0 Å². The van der Waals surface area contributed by atoms with Crippen molar-refractivity contribution in [1.29, 1.82) is 0 Å². The maximum Gasteiger partial charge on any atom is 0.309 e. The number of aliphatic hydroxyl groups is 1. The summed E-state index contributed by atoms with van der Waals surface area (Å²) < 4.78 is 13.1. The van der Waals surface area contributed by atoms with Crippen LogP contribution in [0.15, 0.2) is 53.3 Å². The van der Waals surface area contributed by atoms with Crippen molar-refractivity contribution in [3.63, 3.8) is 0 Å². The fourth-order valence-corrected chi connectivity index (χ4v) is 11.4. The highest BCUT2D eigenvalue weighted by Crippen LogP contribution is 2.66. The normalized spacial score (nSPS) is 44.9. The van der Waals surface area contributed by atoms with Gasteiger partial charge in [-0.05, 0) is 111 Å². The molecule has 43 heavy (non-hydrogen) atoms. The number of ketones is 1. The maximum atomic E-state index is 13.6. The van der Waals surface area contributed by atoms with E-state index in [4.69, 9.17) is 9.47 Å². The second-order valence-electron chi connectivity index (χ2n) is 15.7. The molecule has 5 unspecified atom stereocenters. The zero-order chi connectivity index (χ0) is 30.1. The molecule has 5 nitrogen and oxygen atoms in total. The molecule has 11 atom stereocenters. The first kappa shape index (κ1) is 29.3. The zero-order valence-corrected chi connectivity index (χ0v) is 26.5. The van der Waals surface area contributed by atoms with Gasteiger partial charge >= 0.3 is 5.97 Å². The first-order chi connectivity index (χ1) is 20.6. The van der Waals surface area contributed by atoms with Gasteiger partial charge in [0, 0.05) is 17.9 Å². The summed E-state index contributed by atoms with van der Waals surface area (Å²) in [5.74, 6) is 3.20. The molecule has 232 valence electrons. The first-order valence-corrected chi connectivity index (χ1v) is 17.1. The molecular weight excluding hydrogens is 536 g/mol. The standard InChI is InChI=1S/C38H50O5/c1-22-14-31(36(41)42-21-25-8-6-5-7-9-25)35-24(3)38(43-34(35)15-22)13-12-28-29-11-10-27-16-33(40)26(20-39)19-37(27,4)32(29)17-30(28)23(2)18-38/h5-9,20,22,24,27-29,31-32,34-35,39H,10-19,21H2,1-4H3/b26-20-/t22?,24-,27-,28+,29?,31?,32+,34-,35?,37+,38?/m1/s1. The molecule has 1 N–H and O–H groups in total. The number of fused-ring (bicyclic) bond motifs is 6. The van der Waals surface area contributed by atoms with Gasteiger partial charge in [0.2, 0.25) is 0 Å². The van der Waals surface area contributed by atoms with E-state index < -0.39 is 0 Å². The number of aliphatic hydroxyl groups excluding tert-OH is 1. The Labute approximate surface area is 257 Å². The number of esters is 1. The lowest BCUT2D eigenvalue weighted by Crippen LogP contribution is -2.47. The summed E-state index contributed by atoms with van der Waals surface area (Å²) in [6, 6.07) is 10.0. The van der Waals surface area contributed by atoms with Gasteiger partial charge in [0.1, 0.15) is 6.61 Å². The molecule has 5 fully saturated rings. The molecule has 1 aromatic carbocycles. The Morgan fingerprint density at radius 3 is 2.65 bits per heavy atom. The maximum absolute atomic E-state index is 13.6. The lowest BCUT2D eigenvalue weighted by molar-refractivity contribution is -0.156. The molecule has 5 heteroatoms. The molecular formula is C38H50O5. The minimum absolute atomic E-state index is 0.0476. The van der Waals surface area contributed by atoms with Gasteiger partial charge in [-0.15, -0.1) is 0 Å². The Morgan fingerprint density at radius 2 is 1.88 bits per heavy atom. The molecule has 1 aromatic rings. The van der Waals surface area contributed by atoms with Crippen LogP contribution in [0.25, 0.3) is 0 Å². The van der Waals surface area contributed by atoms with E-state index in [-0.39, 0.29) is 40.7 Å². The smallest absolute Gasteiger partial charge is 0.309 e. The minimum Gasteiger partial charge on any atom is -0.515 e. The highest BCUT2D eigenvalue weighted by molar-refractivity contribution is 5.96. The van der Waals surface area contributed by atoms with Crippen LogP contribution in [0, 0.1) is 52.8 Å². The summed E-state index contributed by atoms with van der Waals surface area (Å²) >= 11 is 0. The van der Waals surface area contributed by atoms with Crippen LogP contribution in [0.2, 0.25) is 0 Å². The van der Waals surface area contributed by atoms with Gasteiger partial charge in [-0.25, -0.2) is 0 Å². The van der Waals surface area contributed by atoms with Crippen molar-refractivity contribution in [3.8, 4) is 0 Å². The molecule has 0 amide bonds. The second kappa shape index (κ2) is 10.9. The minimum atomic E-state index is -0.209. The predicted molar refractivity (Wildman–Crippen MR) is 166 cm³/mol. The molecule has 1 spiro atoms. The number of allylic oxidation sites excluding steroid dienone is 2. The Hall–Kier alpha value is -2.40. The van der Waals surface area contributed by atoms with Gasteiger partial charge in [-0.3, -0.25) is 9.59 Å². The monoisotopic (exact) mass is 586 g/mol. The fourth-order valence-electron chi connectivity index (χ4n) is 11.4. The Morgan fingerprint density at radius 1 is 1.09 bits per heavy atom. The summed E-state index contributed by atoms with van der Waals surface area (Å²) in [6.45, 7) is 9.75. The van der Waals surface area contributed by atoms with Gasteiger partial charge in [0.15, 0.2) is 5.78 Å². The van der Waals surface area contributed by atoms with E-state index in [0.29, 0.717) is 54.1 Å². The van der Waals surface area contributed by atoms with Crippen molar-refractivity contribution in [3.05, 3.63) is 58.9 Å². The summed E-state index contributed by atoms with van der Waals surface area (Å²) in [5, 5.41) is 9.84. The summed E-state index contributed by atoms with van der Waals surface area (Å²) in [5.41, 5.74) is 4.72. The number of carbonyl (C=O) groups is 2. The van der Waals surface area contributed by atoms with Crippen LogP contribution in [0.3, 0.4) is 0 Å². The average Bonchev–Trinajstić information content (AvgIpc) is 3.46. The van der Waals surface area contributed by atoms with Crippen LogP contribution in [0.5, 0.6) is 0 Å². The summed E-state index contributed by atoms with van der Waals surface area (Å²) in [6.07, 6.45) is 11.1. The molecule has 4 saturated carbocycles. The van der Waals surface area contributed by atoms with Crippen molar-refractivity contribution in [1.82, 2.24) is 0 Å². The van der Waals surface area contributed by atoms with Crippen molar-refractivity contribution in [2.45, 2.75) is 110 Å². The topological polar surface area (TPSA) is 72.8 Å². The fraction of sp³-hybridized carbons (Fsp3) is 0.684. The third kappa shape index (κ3) is 4.75. The largest absolute Gasteiger partial charge is 0.515 e. The van der Waals surface area contributed by atoms with Crippen LogP contribution in [-0.2, 0) is 25.7 Å². The molecule has 5 aliphatic carbocycles. The van der Waals surface area contributed by atoms with Gasteiger partial charge in [0.25, 0.3) is 0 Å². The lowest BCUT2D eigenvalue weighted by atomic mass is 9.51. The quantitative estimate of drug-likeness (QED) is 0.168. The van der Waals surface area contributed by atoms with Crippen molar-refractivity contribution >= 4 is 11.8 Å². The van der Waals surface area contributed by atoms with Gasteiger partial charge in [-0.1, -0.05) is 62.2 Å². The van der Waals surface area contributed by atoms with E-state index in [1.54, 1.807) is 5.57 Å². The molecule has 1 aliphatic heterocycles. The van der Waals surface area contributed by atoms with E-state index in [9.17, 15) is 14.7 Å². The Kier molecular flexibility index (Phi) is 7.43. The molecule has 6 aliphatic rings. The van der Waals surface area contributed by atoms with E-state index >= 15 is 0 Å². The van der Waals surface area contributed by atoms with E-state index in [1.807, 2.05) is 30.3 Å². The van der Waals surface area contributed by atoms with Crippen LogP contribution in [-0.4, -0.2) is 28.6 Å². The van der Waals surface area contributed by atoms with E-state index in [1.165, 1.54) is 12.0 Å². The van der Waals surface area contributed by atoms with Crippen molar-refractivity contribution in [2.24, 2.45) is 52.8 Å². The molecule has 0 radical (unpaired) electrons. The molecule has 0 aromatic heterocycles. The SMILES string of the molecule is CC1=C2C[C@H]3C(CC[C@@H]4CC(=O)/C(=C\O)C[C@@]43C)[C@@H]2CCC2(C1)O[C@@H]1CC(C)CC(C(=O)OCc3ccccc3)C1[C@H]2C. The number of benzene rings is 1. The number of hydrogen-bond donors (Lipinski definition) is 1. The predicted octanol–water partition coefficient (Wildman–Crippen LogP) is 8.14. The molecule has 1 saturated heterocycles. The third-order valence-corrected chi connectivity index (χ3v) is 13.6. The van der Waals surface area contributed by atoms with Crippen LogP contribution in [0.1, 0.15) is 97.5 Å². The lowest BCUT2D eigenvalue weighted by Gasteiger charge is -2.52. The highest BCUT2D eigenvalue weighted by Gasteiger charge is 2.61. The van der Waals surface area contributed by atoms with Gasteiger partial charge < -0.3 is 14.6 Å². The summed E-state index contributed by atoms with van der Waals surface area (Å²) in [4.78, 5) is 26.3. The number of carbonyl (C=O) groups excluding carboxylic acids is 2.